The second-order valence-corrected chi connectivity index (χ2v) is 6.92. The lowest BCUT2D eigenvalue weighted by Crippen LogP contribution is -2.53. The van der Waals surface area contributed by atoms with E-state index in [0.717, 1.165) is 57.6 Å². The molecule has 1 aromatic carbocycles. The highest BCUT2D eigenvalue weighted by Gasteiger charge is 2.20. The first-order chi connectivity index (χ1) is 13.8. The summed E-state index contributed by atoms with van der Waals surface area (Å²) in [6.07, 6.45) is 6.81. The fraction of sp³-hybridized carbons (Fsp3) is 0.381. The van der Waals surface area contributed by atoms with Crippen LogP contribution in [0.3, 0.4) is 0 Å². The molecule has 0 amide bonds. The first-order valence-corrected chi connectivity index (χ1v) is 9.86. The van der Waals surface area contributed by atoms with Crippen LogP contribution in [0.2, 0.25) is 0 Å². The predicted molar refractivity (Wildman–Crippen MR) is 129 cm³/mol. The van der Waals surface area contributed by atoms with Gasteiger partial charge in [0.25, 0.3) is 0 Å². The molecule has 3 aromatic rings. The van der Waals surface area contributed by atoms with Gasteiger partial charge in [0.2, 0.25) is 5.95 Å². The molecule has 0 saturated carbocycles. The van der Waals surface area contributed by atoms with Crippen molar-refractivity contribution in [2.24, 2.45) is 4.99 Å². The van der Waals surface area contributed by atoms with Crippen LogP contribution in [0.15, 0.2) is 60.0 Å². The fourth-order valence-electron chi connectivity index (χ4n) is 3.69. The summed E-state index contributed by atoms with van der Waals surface area (Å²) in [5.74, 6) is 1.79. The molecule has 0 unspecified atom stereocenters. The van der Waals surface area contributed by atoms with Crippen molar-refractivity contribution in [1.82, 2.24) is 24.8 Å². The van der Waals surface area contributed by atoms with Crippen LogP contribution in [-0.2, 0) is 6.54 Å². The van der Waals surface area contributed by atoms with E-state index in [2.05, 4.69) is 71.2 Å². The number of nitrogens with one attached hydrogen (secondary N) is 1. The van der Waals surface area contributed by atoms with Crippen LogP contribution in [0.1, 0.15) is 6.42 Å². The molecule has 0 atom stereocenters. The van der Waals surface area contributed by atoms with E-state index in [1.807, 2.05) is 13.1 Å². The van der Waals surface area contributed by atoms with E-state index in [1.165, 1.54) is 10.9 Å². The van der Waals surface area contributed by atoms with Crippen LogP contribution in [0, 0.1) is 0 Å². The van der Waals surface area contributed by atoms with Gasteiger partial charge in [-0.05, 0) is 30.0 Å². The van der Waals surface area contributed by atoms with Gasteiger partial charge in [0.15, 0.2) is 5.96 Å². The Labute approximate surface area is 188 Å². The first kappa shape index (κ1) is 21.4. The van der Waals surface area contributed by atoms with E-state index in [4.69, 9.17) is 0 Å². The molecule has 0 spiro atoms. The van der Waals surface area contributed by atoms with Gasteiger partial charge in [0, 0.05) is 70.4 Å². The lowest BCUT2D eigenvalue weighted by atomic mass is 10.2. The van der Waals surface area contributed by atoms with Crippen molar-refractivity contribution in [3.05, 3.63) is 55.0 Å². The van der Waals surface area contributed by atoms with E-state index >= 15 is 0 Å². The molecule has 1 aliphatic rings. The lowest BCUT2D eigenvalue weighted by molar-refractivity contribution is 0.369. The summed E-state index contributed by atoms with van der Waals surface area (Å²) in [7, 11) is 1.86. The average Bonchev–Trinajstić information content (AvgIpc) is 3.18. The Bertz CT molecular complexity index is 917. The second-order valence-electron chi connectivity index (χ2n) is 6.92. The normalized spacial score (nSPS) is 14.7. The van der Waals surface area contributed by atoms with Gasteiger partial charge in [-0.3, -0.25) is 4.99 Å². The number of rotatable bonds is 5. The standard InChI is InChI=1S/C21H27N7.HI/c1-22-20(27-14-16-28(17-15-27)21-24-9-4-10-25-21)23-11-5-12-26-13-8-18-6-2-3-7-19(18)26;/h2-4,6-10,13H,5,11-12,14-17H2,1H3,(H,22,23);1H. The van der Waals surface area contributed by atoms with Crippen molar-refractivity contribution >= 4 is 46.8 Å². The van der Waals surface area contributed by atoms with Gasteiger partial charge < -0.3 is 19.7 Å². The number of aryl methyl sites for hydroxylation is 1. The number of hydrogen-bond donors (Lipinski definition) is 1. The fourth-order valence-corrected chi connectivity index (χ4v) is 3.69. The molecule has 2 aromatic heterocycles. The maximum Gasteiger partial charge on any atom is 0.225 e. The molecule has 7 nitrogen and oxygen atoms in total. The molecular formula is C21H28IN7. The van der Waals surface area contributed by atoms with Crippen molar-refractivity contribution in [3.63, 3.8) is 0 Å². The molecule has 1 fully saturated rings. The van der Waals surface area contributed by atoms with Crippen molar-refractivity contribution < 1.29 is 0 Å². The molecule has 1 saturated heterocycles. The summed E-state index contributed by atoms with van der Waals surface area (Å²) in [4.78, 5) is 17.7. The van der Waals surface area contributed by atoms with Crippen LogP contribution < -0.4 is 10.2 Å². The molecule has 0 aliphatic carbocycles. The number of anilines is 1. The first-order valence-electron chi connectivity index (χ1n) is 9.86. The quantitative estimate of drug-likeness (QED) is 0.250. The molecule has 1 N–H and O–H groups in total. The monoisotopic (exact) mass is 505 g/mol. The number of piperazine rings is 1. The van der Waals surface area contributed by atoms with Crippen LogP contribution in [-0.4, -0.2) is 65.2 Å². The highest BCUT2D eigenvalue weighted by atomic mass is 127. The van der Waals surface area contributed by atoms with Crippen molar-refractivity contribution in [2.75, 3.05) is 44.7 Å². The molecule has 29 heavy (non-hydrogen) atoms. The van der Waals surface area contributed by atoms with Crippen LogP contribution in [0.25, 0.3) is 10.9 Å². The summed E-state index contributed by atoms with van der Waals surface area (Å²) >= 11 is 0. The highest BCUT2D eigenvalue weighted by Crippen LogP contribution is 2.15. The Morgan fingerprint density at radius 2 is 1.79 bits per heavy atom. The Kier molecular flexibility index (Phi) is 7.68. The SMILES string of the molecule is CN=C(NCCCn1ccc2ccccc21)N1CCN(c2ncccn2)CC1.I. The van der Waals surface area contributed by atoms with Crippen molar-refractivity contribution in [1.29, 1.82) is 0 Å². The number of fused-ring (bicyclic) bond motifs is 1. The highest BCUT2D eigenvalue weighted by molar-refractivity contribution is 14.0. The molecule has 4 rings (SSSR count). The van der Waals surface area contributed by atoms with Crippen molar-refractivity contribution in [2.45, 2.75) is 13.0 Å². The van der Waals surface area contributed by atoms with E-state index < -0.39 is 0 Å². The summed E-state index contributed by atoms with van der Waals surface area (Å²) in [5, 5.41) is 4.81. The Balaban J connectivity index is 0.00000240. The summed E-state index contributed by atoms with van der Waals surface area (Å²) in [6.45, 7) is 5.54. The number of benzene rings is 1. The second kappa shape index (κ2) is 10.4. The zero-order chi connectivity index (χ0) is 19.2. The molecule has 0 bridgehead atoms. The Morgan fingerprint density at radius 1 is 1.03 bits per heavy atom. The summed E-state index contributed by atoms with van der Waals surface area (Å²) in [5.41, 5.74) is 1.30. The van der Waals surface area contributed by atoms with Gasteiger partial charge in [-0.25, -0.2) is 9.97 Å². The third-order valence-corrected chi connectivity index (χ3v) is 5.17. The molecule has 1 aliphatic heterocycles. The van der Waals surface area contributed by atoms with Crippen LogP contribution in [0.5, 0.6) is 0 Å². The Morgan fingerprint density at radius 3 is 2.55 bits per heavy atom. The number of para-hydroxylation sites is 1. The maximum atomic E-state index is 4.47. The zero-order valence-corrected chi connectivity index (χ0v) is 19.1. The maximum absolute atomic E-state index is 4.47. The summed E-state index contributed by atoms with van der Waals surface area (Å²) in [6, 6.07) is 12.5. The topological polar surface area (TPSA) is 61.6 Å². The number of hydrogen-bond acceptors (Lipinski definition) is 4. The third kappa shape index (κ3) is 5.17. The molecule has 0 radical (unpaired) electrons. The van der Waals surface area contributed by atoms with E-state index in [1.54, 1.807) is 12.4 Å². The van der Waals surface area contributed by atoms with E-state index in [0.29, 0.717) is 0 Å². The predicted octanol–water partition coefficient (Wildman–Crippen LogP) is 2.84. The van der Waals surface area contributed by atoms with Crippen LogP contribution in [0.4, 0.5) is 5.95 Å². The minimum absolute atomic E-state index is 0. The number of halogens is 1. The molecule has 154 valence electrons. The number of aliphatic imine (C=N–C) groups is 1. The van der Waals surface area contributed by atoms with Gasteiger partial charge >= 0.3 is 0 Å². The number of aromatic nitrogens is 3. The van der Waals surface area contributed by atoms with Crippen molar-refractivity contribution in [3.8, 4) is 0 Å². The van der Waals surface area contributed by atoms with Crippen LogP contribution >= 0.6 is 24.0 Å². The van der Waals surface area contributed by atoms with E-state index in [-0.39, 0.29) is 24.0 Å². The van der Waals surface area contributed by atoms with Gasteiger partial charge in [-0.15, -0.1) is 24.0 Å². The largest absolute Gasteiger partial charge is 0.356 e. The van der Waals surface area contributed by atoms with Gasteiger partial charge in [0.05, 0.1) is 0 Å². The summed E-state index contributed by atoms with van der Waals surface area (Å²) < 4.78 is 2.32. The van der Waals surface area contributed by atoms with Gasteiger partial charge in [-0.1, -0.05) is 18.2 Å². The minimum atomic E-state index is 0. The molecule has 8 heteroatoms. The number of guanidine groups is 1. The van der Waals surface area contributed by atoms with Gasteiger partial charge in [0.1, 0.15) is 0 Å². The minimum Gasteiger partial charge on any atom is -0.356 e. The van der Waals surface area contributed by atoms with E-state index in [9.17, 15) is 0 Å². The molecular weight excluding hydrogens is 477 g/mol. The lowest BCUT2D eigenvalue weighted by Gasteiger charge is -2.36. The zero-order valence-electron chi connectivity index (χ0n) is 16.7. The third-order valence-electron chi connectivity index (χ3n) is 5.17. The van der Waals surface area contributed by atoms with Gasteiger partial charge in [-0.2, -0.15) is 0 Å². The smallest absolute Gasteiger partial charge is 0.225 e. The average molecular weight is 505 g/mol. The molecule has 3 heterocycles. The number of nitrogens with zero attached hydrogens (tertiary/aromatic N) is 6. The Hall–Kier alpha value is -2.36.